The van der Waals surface area contributed by atoms with Crippen LogP contribution in [0.3, 0.4) is 0 Å². The highest BCUT2D eigenvalue weighted by Gasteiger charge is 2.03. The van der Waals surface area contributed by atoms with Crippen molar-refractivity contribution in [3.63, 3.8) is 0 Å². The minimum absolute atomic E-state index is 0.0886. The molecular weight excluding hydrogens is 295 g/mol. The van der Waals surface area contributed by atoms with E-state index in [1.54, 1.807) is 19.2 Å². The van der Waals surface area contributed by atoms with Gasteiger partial charge in [-0.15, -0.1) is 0 Å². The first kappa shape index (κ1) is 17.0. The fourth-order valence-electron chi connectivity index (χ4n) is 2.20. The first-order valence-corrected chi connectivity index (χ1v) is 7.53. The molecule has 2 N–H and O–H groups in total. The highest BCUT2D eigenvalue weighted by atomic mass is 19.1. The SMILES string of the molecule is COc1ccccc1CCNCC(=O)NCc1ccc(F)cc1. The normalized spacial score (nSPS) is 10.3. The van der Waals surface area contributed by atoms with Gasteiger partial charge in [0.25, 0.3) is 0 Å². The Morgan fingerprint density at radius 2 is 1.87 bits per heavy atom. The molecule has 0 aliphatic rings. The minimum atomic E-state index is -0.280. The van der Waals surface area contributed by atoms with Crippen LogP contribution in [-0.2, 0) is 17.8 Å². The number of carbonyl (C=O) groups excluding carboxylic acids is 1. The molecule has 0 saturated heterocycles. The van der Waals surface area contributed by atoms with E-state index in [0.717, 1.165) is 23.3 Å². The van der Waals surface area contributed by atoms with Crippen molar-refractivity contribution >= 4 is 5.91 Å². The van der Waals surface area contributed by atoms with E-state index in [2.05, 4.69) is 10.6 Å². The lowest BCUT2D eigenvalue weighted by atomic mass is 10.1. The third-order valence-electron chi connectivity index (χ3n) is 3.45. The Bertz CT molecular complexity index is 629. The molecule has 2 aromatic carbocycles. The number of halogens is 1. The Morgan fingerprint density at radius 3 is 2.61 bits per heavy atom. The van der Waals surface area contributed by atoms with E-state index in [1.807, 2.05) is 24.3 Å². The van der Waals surface area contributed by atoms with Crippen LogP contribution in [0.1, 0.15) is 11.1 Å². The molecule has 2 rings (SSSR count). The molecule has 0 unspecified atom stereocenters. The summed E-state index contributed by atoms with van der Waals surface area (Å²) in [6.07, 6.45) is 0.787. The fraction of sp³-hybridized carbons (Fsp3) is 0.278. The van der Waals surface area contributed by atoms with Crippen LogP contribution < -0.4 is 15.4 Å². The van der Waals surface area contributed by atoms with E-state index in [4.69, 9.17) is 4.74 Å². The molecule has 0 atom stereocenters. The highest BCUT2D eigenvalue weighted by molar-refractivity contribution is 5.77. The lowest BCUT2D eigenvalue weighted by Crippen LogP contribution is -2.34. The van der Waals surface area contributed by atoms with Crippen molar-refractivity contribution in [2.75, 3.05) is 20.2 Å². The van der Waals surface area contributed by atoms with E-state index in [-0.39, 0.29) is 18.3 Å². The van der Waals surface area contributed by atoms with Gasteiger partial charge in [0.1, 0.15) is 11.6 Å². The van der Waals surface area contributed by atoms with Crippen LogP contribution in [0.4, 0.5) is 4.39 Å². The predicted molar refractivity (Wildman–Crippen MR) is 87.8 cm³/mol. The summed E-state index contributed by atoms with van der Waals surface area (Å²) < 4.78 is 18.1. The molecule has 1 amide bonds. The smallest absolute Gasteiger partial charge is 0.234 e. The van der Waals surface area contributed by atoms with Crippen molar-refractivity contribution < 1.29 is 13.9 Å². The van der Waals surface area contributed by atoms with Crippen molar-refractivity contribution in [1.82, 2.24) is 10.6 Å². The van der Waals surface area contributed by atoms with Crippen LogP contribution in [-0.4, -0.2) is 26.1 Å². The second kappa shape index (κ2) is 8.90. The Labute approximate surface area is 135 Å². The van der Waals surface area contributed by atoms with Crippen LogP contribution in [0.5, 0.6) is 5.75 Å². The highest BCUT2D eigenvalue weighted by Crippen LogP contribution is 2.17. The molecule has 0 heterocycles. The van der Waals surface area contributed by atoms with Gasteiger partial charge in [0.05, 0.1) is 13.7 Å². The average Bonchev–Trinajstić information content (AvgIpc) is 2.58. The van der Waals surface area contributed by atoms with E-state index >= 15 is 0 Å². The molecule has 0 saturated carbocycles. The van der Waals surface area contributed by atoms with Gasteiger partial charge >= 0.3 is 0 Å². The van der Waals surface area contributed by atoms with Gasteiger partial charge in [-0.1, -0.05) is 30.3 Å². The average molecular weight is 316 g/mol. The first-order valence-electron chi connectivity index (χ1n) is 7.53. The molecule has 0 aromatic heterocycles. The van der Waals surface area contributed by atoms with Crippen LogP contribution in [0, 0.1) is 5.82 Å². The number of carbonyl (C=O) groups is 1. The first-order chi connectivity index (χ1) is 11.2. The maximum Gasteiger partial charge on any atom is 0.234 e. The van der Waals surface area contributed by atoms with Gasteiger partial charge < -0.3 is 15.4 Å². The number of ether oxygens (including phenoxy) is 1. The van der Waals surface area contributed by atoms with Gasteiger partial charge in [-0.05, 0) is 42.3 Å². The zero-order chi connectivity index (χ0) is 16.5. The van der Waals surface area contributed by atoms with Crippen molar-refractivity contribution in [2.45, 2.75) is 13.0 Å². The Balaban J connectivity index is 1.66. The number of amides is 1. The third kappa shape index (κ3) is 5.71. The molecule has 0 bridgehead atoms. The van der Waals surface area contributed by atoms with Gasteiger partial charge in [-0.3, -0.25) is 4.79 Å². The Hall–Kier alpha value is -2.40. The standard InChI is InChI=1S/C18H21FN2O2/c1-23-17-5-3-2-4-15(17)10-11-20-13-18(22)21-12-14-6-8-16(19)9-7-14/h2-9,20H,10-13H2,1H3,(H,21,22). The minimum Gasteiger partial charge on any atom is -0.496 e. The third-order valence-corrected chi connectivity index (χ3v) is 3.45. The predicted octanol–water partition coefficient (Wildman–Crippen LogP) is 2.28. The maximum absolute atomic E-state index is 12.8. The monoisotopic (exact) mass is 316 g/mol. The number of hydrogen-bond donors (Lipinski definition) is 2. The Morgan fingerprint density at radius 1 is 1.13 bits per heavy atom. The molecule has 2 aromatic rings. The van der Waals surface area contributed by atoms with Gasteiger partial charge in [-0.2, -0.15) is 0 Å². The fourth-order valence-corrected chi connectivity index (χ4v) is 2.20. The molecular formula is C18H21FN2O2. The van der Waals surface area contributed by atoms with Crippen LogP contribution in [0.15, 0.2) is 48.5 Å². The van der Waals surface area contributed by atoms with E-state index in [9.17, 15) is 9.18 Å². The molecule has 122 valence electrons. The summed E-state index contributed by atoms with van der Waals surface area (Å²) in [6.45, 7) is 1.33. The second-order valence-corrected chi connectivity index (χ2v) is 5.14. The van der Waals surface area contributed by atoms with Crippen molar-refractivity contribution in [3.05, 3.63) is 65.5 Å². The van der Waals surface area contributed by atoms with E-state index in [1.165, 1.54) is 12.1 Å². The summed E-state index contributed by atoms with van der Waals surface area (Å²) >= 11 is 0. The van der Waals surface area contributed by atoms with E-state index in [0.29, 0.717) is 13.1 Å². The summed E-state index contributed by atoms with van der Waals surface area (Å²) in [5.41, 5.74) is 1.97. The lowest BCUT2D eigenvalue weighted by molar-refractivity contribution is -0.120. The quantitative estimate of drug-likeness (QED) is 0.735. The Kier molecular flexibility index (Phi) is 6.56. The van der Waals surface area contributed by atoms with Gasteiger partial charge in [0.2, 0.25) is 5.91 Å². The number of para-hydroxylation sites is 1. The molecule has 23 heavy (non-hydrogen) atoms. The summed E-state index contributed by atoms with van der Waals surface area (Å²) in [6, 6.07) is 13.9. The van der Waals surface area contributed by atoms with Crippen LogP contribution in [0.2, 0.25) is 0 Å². The van der Waals surface area contributed by atoms with Gasteiger partial charge in [0, 0.05) is 6.54 Å². The molecule has 0 spiro atoms. The number of rotatable bonds is 8. The molecule has 0 aliphatic carbocycles. The van der Waals surface area contributed by atoms with Gasteiger partial charge in [-0.25, -0.2) is 4.39 Å². The topological polar surface area (TPSA) is 50.4 Å². The van der Waals surface area contributed by atoms with Crippen molar-refractivity contribution in [3.8, 4) is 5.75 Å². The number of hydrogen-bond acceptors (Lipinski definition) is 3. The summed E-state index contributed by atoms with van der Waals surface area (Å²) in [4.78, 5) is 11.7. The number of benzene rings is 2. The zero-order valence-electron chi connectivity index (χ0n) is 13.1. The van der Waals surface area contributed by atoms with E-state index < -0.39 is 0 Å². The largest absolute Gasteiger partial charge is 0.496 e. The summed E-state index contributed by atoms with van der Waals surface area (Å²) in [5, 5.41) is 5.89. The molecule has 0 radical (unpaired) electrons. The van der Waals surface area contributed by atoms with Crippen LogP contribution in [0.25, 0.3) is 0 Å². The zero-order valence-corrected chi connectivity index (χ0v) is 13.1. The van der Waals surface area contributed by atoms with Gasteiger partial charge in [0.15, 0.2) is 0 Å². The summed E-state index contributed by atoms with van der Waals surface area (Å²) in [5.74, 6) is 0.488. The van der Waals surface area contributed by atoms with Crippen molar-refractivity contribution in [2.24, 2.45) is 0 Å². The molecule has 5 heteroatoms. The number of nitrogens with one attached hydrogen (secondary N) is 2. The maximum atomic E-state index is 12.8. The molecule has 0 aliphatic heterocycles. The second-order valence-electron chi connectivity index (χ2n) is 5.14. The molecule has 0 fully saturated rings. The molecule has 4 nitrogen and oxygen atoms in total. The van der Waals surface area contributed by atoms with Crippen molar-refractivity contribution in [1.29, 1.82) is 0 Å². The summed E-state index contributed by atoms with van der Waals surface area (Å²) in [7, 11) is 1.65. The lowest BCUT2D eigenvalue weighted by Gasteiger charge is -2.09. The van der Waals surface area contributed by atoms with Crippen LogP contribution >= 0.6 is 0 Å². The number of methoxy groups -OCH3 is 1.